The van der Waals surface area contributed by atoms with Gasteiger partial charge in [-0.2, -0.15) is 0 Å². The van der Waals surface area contributed by atoms with Gasteiger partial charge in [-0.3, -0.25) is 0 Å². The number of phenols is 1. The molecule has 0 unspecified atom stereocenters. The van der Waals surface area contributed by atoms with Gasteiger partial charge in [0.2, 0.25) is 0 Å². The van der Waals surface area contributed by atoms with Crippen LogP contribution in [-0.4, -0.2) is 35.1 Å². The fourth-order valence-corrected chi connectivity index (χ4v) is 3.17. The molecule has 20 heavy (non-hydrogen) atoms. The van der Waals surface area contributed by atoms with Gasteiger partial charge in [-0.05, 0) is 0 Å². The Balaban J connectivity index is 1.85. The van der Waals surface area contributed by atoms with Crippen LogP contribution in [0.3, 0.4) is 0 Å². The molecule has 6 heteroatoms. The molecule has 0 radical (unpaired) electrons. The van der Waals surface area contributed by atoms with E-state index in [-0.39, 0.29) is 20.7 Å². The number of aromatic hydroxyl groups is 1. The molecule has 0 aliphatic carbocycles. The zero-order valence-corrected chi connectivity index (χ0v) is 12.5. The Hall–Kier alpha value is -2.04. The summed E-state index contributed by atoms with van der Waals surface area (Å²) in [7, 11) is 1.54. The first-order chi connectivity index (χ1) is 9.79. The number of methoxy groups -OCH3 is 1. The van der Waals surface area contributed by atoms with Crippen LogP contribution in [0.4, 0.5) is 5.69 Å². The van der Waals surface area contributed by atoms with Gasteiger partial charge >= 0.3 is 122 Å². The molecule has 3 rings (SSSR count). The van der Waals surface area contributed by atoms with E-state index in [4.69, 9.17) is 4.74 Å². The van der Waals surface area contributed by atoms with E-state index >= 15 is 0 Å². The Kier molecular flexibility index (Phi) is 3.58. The molecular formula is C14H13N3O2Se. The van der Waals surface area contributed by atoms with Gasteiger partial charge in [0.05, 0.1) is 0 Å². The van der Waals surface area contributed by atoms with Crippen LogP contribution in [0.2, 0.25) is 0 Å². The second-order valence-corrected chi connectivity index (χ2v) is 5.37. The molecular weight excluding hydrogens is 321 g/mol. The molecule has 0 saturated heterocycles. The third-order valence-electron chi connectivity index (χ3n) is 3.06. The number of hydrogen-bond donors (Lipinski definition) is 2. The zero-order valence-electron chi connectivity index (χ0n) is 10.8. The molecule has 3 aromatic rings. The molecule has 1 heterocycles. The number of ether oxygens (including phenoxy) is 1. The number of anilines is 1. The predicted molar refractivity (Wildman–Crippen MR) is 78.5 cm³/mol. The van der Waals surface area contributed by atoms with E-state index in [9.17, 15) is 5.11 Å². The van der Waals surface area contributed by atoms with Crippen LogP contribution in [0.5, 0.6) is 11.5 Å². The van der Waals surface area contributed by atoms with Crippen LogP contribution in [0, 0.1) is 0 Å². The van der Waals surface area contributed by atoms with Crippen LogP contribution in [0.1, 0.15) is 5.56 Å². The van der Waals surface area contributed by atoms with Crippen LogP contribution < -0.4 is 10.1 Å². The topological polar surface area (TPSA) is 67.3 Å². The second-order valence-electron chi connectivity index (χ2n) is 4.26. The van der Waals surface area contributed by atoms with E-state index in [2.05, 4.69) is 13.3 Å². The summed E-state index contributed by atoms with van der Waals surface area (Å²) in [6.45, 7) is 0.502. The summed E-state index contributed by atoms with van der Waals surface area (Å²) in [5.74, 6) is 0.645. The Morgan fingerprint density at radius 2 is 2.05 bits per heavy atom. The Labute approximate surface area is 122 Å². The number of hydrogen-bond acceptors (Lipinski definition) is 5. The van der Waals surface area contributed by atoms with Crippen molar-refractivity contribution in [2.75, 3.05) is 12.4 Å². The molecule has 102 valence electrons. The number of fused-ring (bicyclic) bond motifs is 1. The first kappa shape index (κ1) is 13.0. The first-order valence-corrected chi connectivity index (χ1v) is 7.63. The van der Waals surface area contributed by atoms with E-state index in [1.807, 2.05) is 30.3 Å². The van der Waals surface area contributed by atoms with Crippen LogP contribution >= 0.6 is 0 Å². The van der Waals surface area contributed by atoms with E-state index in [0.29, 0.717) is 12.3 Å². The minimum atomic E-state index is -0.0434. The summed E-state index contributed by atoms with van der Waals surface area (Å²) in [4.78, 5) is 0. The van der Waals surface area contributed by atoms with E-state index in [0.717, 1.165) is 22.3 Å². The minimum absolute atomic E-state index is 0.0434. The van der Waals surface area contributed by atoms with Gasteiger partial charge in [-0.15, -0.1) is 0 Å². The van der Waals surface area contributed by atoms with Crippen LogP contribution in [0.25, 0.3) is 11.0 Å². The summed E-state index contributed by atoms with van der Waals surface area (Å²) >= 11 is -0.0434. The van der Waals surface area contributed by atoms with E-state index in [1.165, 1.54) is 0 Å². The van der Waals surface area contributed by atoms with Gasteiger partial charge in [0.1, 0.15) is 0 Å². The third kappa shape index (κ3) is 2.35. The van der Waals surface area contributed by atoms with Gasteiger partial charge in [-0.25, -0.2) is 0 Å². The van der Waals surface area contributed by atoms with Crippen molar-refractivity contribution in [3.63, 3.8) is 0 Å². The van der Waals surface area contributed by atoms with Crippen molar-refractivity contribution in [2.45, 2.75) is 6.54 Å². The fraction of sp³-hybridized carbons (Fsp3) is 0.143. The van der Waals surface area contributed by atoms with Gasteiger partial charge in [0.15, 0.2) is 0 Å². The Morgan fingerprint density at radius 1 is 1.20 bits per heavy atom. The number of rotatable bonds is 4. The molecule has 0 saturated carbocycles. The van der Waals surface area contributed by atoms with E-state index in [1.54, 1.807) is 13.2 Å². The molecule has 0 aliphatic rings. The summed E-state index contributed by atoms with van der Waals surface area (Å²) in [5, 5.41) is 13.4. The molecule has 0 amide bonds. The predicted octanol–water partition coefficient (Wildman–Crippen LogP) is 2.01. The van der Waals surface area contributed by atoms with Gasteiger partial charge in [0, 0.05) is 0 Å². The van der Waals surface area contributed by atoms with Gasteiger partial charge in [0.25, 0.3) is 0 Å². The van der Waals surface area contributed by atoms with Crippen molar-refractivity contribution in [2.24, 2.45) is 0 Å². The molecule has 0 bridgehead atoms. The Bertz CT molecular complexity index is 742. The van der Waals surface area contributed by atoms with Crippen LogP contribution in [0.15, 0.2) is 36.4 Å². The molecule has 2 aromatic carbocycles. The molecule has 0 aliphatic heterocycles. The SMILES string of the molecule is COc1cccc(CNc2cccc3n[se]nc23)c1O. The van der Waals surface area contributed by atoms with Crippen molar-refractivity contribution in [3.8, 4) is 11.5 Å². The zero-order chi connectivity index (χ0) is 13.9. The number of nitrogens with one attached hydrogen (secondary N) is 1. The normalized spacial score (nSPS) is 10.7. The monoisotopic (exact) mass is 335 g/mol. The standard InChI is InChI=1S/C14H13N3O2Se/c1-19-12-7-2-4-9(14(12)18)8-15-10-5-3-6-11-13(10)17-20-16-11/h2-7,15,18H,8H2,1H3. The summed E-state index contributed by atoms with van der Waals surface area (Å²) in [5.41, 5.74) is 3.56. The van der Waals surface area contributed by atoms with Crippen molar-refractivity contribution in [1.82, 2.24) is 7.96 Å². The first-order valence-electron chi connectivity index (χ1n) is 6.09. The number of nitrogens with zero attached hydrogens (tertiary/aromatic N) is 2. The molecule has 0 fully saturated rings. The van der Waals surface area contributed by atoms with E-state index < -0.39 is 0 Å². The molecule has 0 spiro atoms. The maximum atomic E-state index is 10.1. The average molecular weight is 334 g/mol. The van der Waals surface area contributed by atoms with Crippen molar-refractivity contribution >= 4 is 31.7 Å². The van der Waals surface area contributed by atoms with Gasteiger partial charge < -0.3 is 0 Å². The summed E-state index contributed by atoms with van der Waals surface area (Å²) < 4.78 is 13.9. The number of para-hydroxylation sites is 1. The fourth-order valence-electron chi connectivity index (χ4n) is 2.01. The molecule has 0 atom stereocenters. The van der Waals surface area contributed by atoms with Crippen molar-refractivity contribution in [1.29, 1.82) is 0 Å². The third-order valence-corrected chi connectivity index (χ3v) is 4.20. The van der Waals surface area contributed by atoms with Crippen molar-refractivity contribution in [3.05, 3.63) is 42.0 Å². The molecule has 5 nitrogen and oxygen atoms in total. The molecule has 1 aromatic heterocycles. The quantitative estimate of drug-likeness (QED) is 0.715. The number of benzene rings is 2. The number of aromatic nitrogens is 2. The number of phenolic OH excluding ortho intramolecular Hbond substituents is 1. The maximum absolute atomic E-state index is 10.1. The summed E-state index contributed by atoms with van der Waals surface area (Å²) in [6, 6.07) is 11.3. The Morgan fingerprint density at radius 3 is 2.90 bits per heavy atom. The van der Waals surface area contributed by atoms with Crippen LogP contribution in [-0.2, 0) is 6.54 Å². The molecule has 2 N–H and O–H groups in total. The summed E-state index contributed by atoms with van der Waals surface area (Å²) in [6.07, 6.45) is 0. The van der Waals surface area contributed by atoms with Gasteiger partial charge in [-0.1, -0.05) is 0 Å². The van der Waals surface area contributed by atoms with Crippen molar-refractivity contribution < 1.29 is 9.84 Å². The second kappa shape index (κ2) is 5.53. The average Bonchev–Trinajstić information content (AvgIpc) is 2.95.